The molecule has 1 aromatic carbocycles. The van der Waals surface area contributed by atoms with Crippen LogP contribution in [0.15, 0.2) is 18.2 Å². The first-order chi connectivity index (χ1) is 9.13. The lowest BCUT2D eigenvalue weighted by atomic mass is 9.80. The van der Waals surface area contributed by atoms with Crippen molar-refractivity contribution in [2.24, 2.45) is 11.7 Å². The number of hydrogen-bond donors (Lipinski definition) is 1. The molecule has 0 bridgehead atoms. The van der Waals surface area contributed by atoms with Crippen LogP contribution in [0.4, 0.5) is 5.69 Å². The second-order valence-corrected chi connectivity index (χ2v) is 5.42. The molecule has 1 saturated carbocycles. The summed E-state index contributed by atoms with van der Waals surface area (Å²) < 4.78 is 0. The van der Waals surface area contributed by atoms with Crippen molar-refractivity contribution in [2.75, 3.05) is 0 Å². The van der Waals surface area contributed by atoms with Crippen LogP contribution in [-0.4, -0.2) is 4.92 Å². The van der Waals surface area contributed by atoms with Crippen molar-refractivity contribution in [1.29, 1.82) is 0 Å². The van der Waals surface area contributed by atoms with Crippen LogP contribution in [0, 0.1) is 16.0 Å². The van der Waals surface area contributed by atoms with Crippen LogP contribution >= 0.6 is 0 Å². The summed E-state index contributed by atoms with van der Waals surface area (Å²) in [5, 5.41) is 10.9. The van der Waals surface area contributed by atoms with Crippen molar-refractivity contribution in [3.05, 3.63) is 39.4 Å². The number of rotatable bonds is 4. The Bertz CT molecular complexity index is 453. The Morgan fingerprint density at radius 3 is 2.63 bits per heavy atom. The Balaban J connectivity index is 2.29. The summed E-state index contributed by atoms with van der Waals surface area (Å²) in [5.41, 5.74) is 8.66. The lowest BCUT2D eigenvalue weighted by Crippen LogP contribution is -2.24. The van der Waals surface area contributed by atoms with Gasteiger partial charge in [-0.25, -0.2) is 0 Å². The van der Waals surface area contributed by atoms with Gasteiger partial charge in [0.05, 0.1) is 4.92 Å². The Labute approximate surface area is 114 Å². The summed E-state index contributed by atoms with van der Waals surface area (Å²) in [6, 6.07) is 5.06. The number of nitrogens with zero attached hydrogens (tertiary/aromatic N) is 1. The van der Waals surface area contributed by atoms with Crippen LogP contribution in [0.5, 0.6) is 0 Å². The summed E-state index contributed by atoms with van der Waals surface area (Å²) in [7, 11) is 0. The zero-order chi connectivity index (χ0) is 13.8. The van der Waals surface area contributed by atoms with Gasteiger partial charge in [-0.2, -0.15) is 0 Å². The van der Waals surface area contributed by atoms with Crippen LogP contribution in [0.2, 0.25) is 0 Å². The monoisotopic (exact) mass is 262 g/mol. The first kappa shape index (κ1) is 14.0. The first-order valence-corrected chi connectivity index (χ1v) is 7.16. The smallest absolute Gasteiger partial charge is 0.269 e. The zero-order valence-electron chi connectivity index (χ0n) is 11.5. The Morgan fingerprint density at radius 1 is 1.37 bits per heavy atom. The number of nitrogens with two attached hydrogens (primary N) is 1. The minimum Gasteiger partial charge on any atom is -0.324 e. The fourth-order valence-electron chi connectivity index (χ4n) is 3.08. The molecule has 0 aliphatic heterocycles. The second kappa shape index (κ2) is 6.15. The number of nitro groups is 1. The average Bonchev–Trinajstić information content (AvgIpc) is 2.46. The molecule has 0 saturated heterocycles. The number of hydrogen-bond acceptors (Lipinski definition) is 3. The van der Waals surface area contributed by atoms with Gasteiger partial charge in [-0.1, -0.05) is 32.3 Å². The third kappa shape index (κ3) is 3.13. The fraction of sp³-hybridized carbons (Fsp3) is 0.600. The van der Waals surface area contributed by atoms with Gasteiger partial charge in [-0.05, 0) is 36.3 Å². The van der Waals surface area contributed by atoms with Crippen LogP contribution in [-0.2, 0) is 6.42 Å². The van der Waals surface area contributed by atoms with Crippen molar-refractivity contribution in [3.8, 4) is 0 Å². The van der Waals surface area contributed by atoms with Gasteiger partial charge in [0.1, 0.15) is 0 Å². The molecule has 0 radical (unpaired) electrons. The number of nitro benzene ring substituents is 1. The van der Waals surface area contributed by atoms with Crippen molar-refractivity contribution in [2.45, 2.75) is 51.5 Å². The van der Waals surface area contributed by atoms with Gasteiger partial charge in [0, 0.05) is 18.2 Å². The highest BCUT2D eigenvalue weighted by Crippen LogP contribution is 2.35. The number of aryl methyl sites for hydroxylation is 1. The molecule has 1 aromatic rings. The fourth-order valence-corrected chi connectivity index (χ4v) is 3.08. The van der Waals surface area contributed by atoms with Gasteiger partial charge in [-0.3, -0.25) is 10.1 Å². The maximum Gasteiger partial charge on any atom is 0.269 e. The summed E-state index contributed by atoms with van der Waals surface area (Å²) in [6.45, 7) is 2.07. The van der Waals surface area contributed by atoms with E-state index in [4.69, 9.17) is 5.73 Å². The van der Waals surface area contributed by atoms with Gasteiger partial charge in [0.15, 0.2) is 0 Å². The topological polar surface area (TPSA) is 69.2 Å². The van der Waals surface area contributed by atoms with E-state index in [-0.39, 0.29) is 16.7 Å². The highest BCUT2D eigenvalue weighted by Gasteiger charge is 2.24. The average molecular weight is 262 g/mol. The molecular formula is C15H22N2O2. The SMILES string of the molecule is CCc1ccc([N+](=O)[O-])cc1C(N)C1CCCCC1. The summed E-state index contributed by atoms with van der Waals surface area (Å²) in [4.78, 5) is 10.6. The first-order valence-electron chi connectivity index (χ1n) is 7.16. The third-order valence-corrected chi connectivity index (χ3v) is 4.24. The highest BCUT2D eigenvalue weighted by molar-refractivity contribution is 5.41. The molecule has 1 fully saturated rings. The van der Waals surface area contributed by atoms with E-state index in [2.05, 4.69) is 6.92 Å². The zero-order valence-corrected chi connectivity index (χ0v) is 11.5. The summed E-state index contributed by atoms with van der Waals surface area (Å²) in [5.74, 6) is 0.473. The molecule has 4 nitrogen and oxygen atoms in total. The number of non-ortho nitro benzene ring substituents is 1. The van der Waals surface area contributed by atoms with Gasteiger partial charge >= 0.3 is 0 Å². The van der Waals surface area contributed by atoms with E-state index in [1.54, 1.807) is 12.1 Å². The van der Waals surface area contributed by atoms with E-state index < -0.39 is 0 Å². The van der Waals surface area contributed by atoms with Crippen LogP contribution < -0.4 is 5.73 Å². The minimum atomic E-state index is -0.337. The minimum absolute atomic E-state index is 0.0600. The largest absolute Gasteiger partial charge is 0.324 e. The molecule has 19 heavy (non-hydrogen) atoms. The summed E-state index contributed by atoms with van der Waals surface area (Å²) >= 11 is 0. The van der Waals surface area contributed by atoms with Gasteiger partial charge < -0.3 is 5.73 Å². The standard InChI is InChI=1S/C15H22N2O2/c1-2-11-8-9-13(17(18)19)10-14(11)15(16)12-6-4-3-5-7-12/h8-10,12,15H,2-7,16H2,1H3. The van der Waals surface area contributed by atoms with Crippen molar-refractivity contribution < 1.29 is 4.92 Å². The lowest BCUT2D eigenvalue weighted by Gasteiger charge is -2.28. The molecule has 1 aliphatic carbocycles. The molecule has 1 atom stereocenters. The molecule has 2 rings (SSSR count). The molecule has 1 aliphatic rings. The van der Waals surface area contributed by atoms with E-state index in [1.165, 1.54) is 19.3 Å². The van der Waals surface area contributed by atoms with Crippen LogP contribution in [0.25, 0.3) is 0 Å². The highest BCUT2D eigenvalue weighted by atomic mass is 16.6. The molecule has 2 N–H and O–H groups in total. The van der Waals surface area contributed by atoms with E-state index in [0.29, 0.717) is 5.92 Å². The Kier molecular flexibility index (Phi) is 4.53. The van der Waals surface area contributed by atoms with E-state index in [0.717, 1.165) is 30.4 Å². The predicted octanol–water partition coefficient (Wildman–Crippen LogP) is 3.74. The molecule has 0 spiro atoms. The summed E-state index contributed by atoms with van der Waals surface area (Å²) in [6.07, 6.45) is 6.91. The molecule has 4 heteroatoms. The molecular weight excluding hydrogens is 240 g/mol. The molecule has 104 valence electrons. The van der Waals surface area contributed by atoms with Crippen molar-refractivity contribution in [1.82, 2.24) is 0 Å². The Hall–Kier alpha value is -1.42. The quantitative estimate of drug-likeness (QED) is 0.663. The van der Waals surface area contributed by atoms with E-state index >= 15 is 0 Å². The lowest BCUT2D eigenvalue weighted by molar-refractivity contribution is -0.385. The van der Waals surface area contributed by atoms with Crippen LogP contribution in [0.3, 0.4) is 0 Å². The Morgan fingerprint density at radius 2 is 2.05 bits per heavy atom. The number of benzene rings is 1. The van der Waals surface area contributed by atoms with Crippen molar-refractivity contribution in [3.63, 3.8) is 0 Å². The van der Waals surface area contributed by atoms with Crippen LogP contribution in [0.1, 0.15) is 56.2 Å². The second-order valence-electron chi connectivity index (χ2n) is 5.42. The molecule has 0 heterocycles. The molecule has 0 aromatic heterocycles. The van der Waals surface area contributed by atoms with Gasteiger partial charge in [0.25, 0.3) is 5.69 Å². The van der Waals surface area contributed by atoms with E-state index in [1.807, 2.05) is 6.07 Å². The maximum atomic E-state index is 10.9. The van der Waals surface area contributed by atoms with E-state index in [9.17, 15) is 10.1 Å². The molecule has 0 amide bonds. The normalized spacial score (nSPS) is 18.2. The predicted molar refractivity (Wildman–Crippen MR) is 76.0 cm³/mol. The maximum absolute atomic E-state index is 10.9. The molecule has 1 unspecified atom stereocenters. The van der Waals surface area contributed by atoms with Crippen molar-refractivity contribution >= 4 is 5.69 Å². The van der Waals surface area contributed by atoms with Gasteiger partial charge in [0.2, 0.25) is 0 Å². The van der Waals surface area contributed by atoms with Gasteiger partial charge in [-0.15, -0.1) is 0 Å². The third-order valence-electron chi connectivity index (χ3n) is 4.24.